The molecular formula is C19H26O3. The van der Waals surface area contributed by atoms with Gasteiger partial charge in [-0.05, 0) is 44.1 Å². The number of esters is 1. The fourth-order valence-electron chi connectivity index (χ4n) is 3.46. The van der Waals surface area contributed by atoms with E-state index in [1.807, 2.05) is 31.2 Å². The number of benzene rings is 1. The molecule has 22 heavy (non-hydrogen) atoms. The predicted molar refractivity (Wildman–Crippen MR) is 87.0 cm³/mol. The summed E-state index contributed by atoms with van der Waals surface area (Å²) in [6.07, 6.45) is 6.59. The lowest BCUT2D eigenvalue weighted by Gasteiger charge is -2.30. The van der Waals surface area contributed by atoms with E-state index >= 15 is 0 Å². The average Bonchev–Trinajstić information content (AvgIpc) is 2.54. The van der Waals surface area contributed by atoms with Gasteiger partial charge in [-0.3, -0.25) is 9.59 Å². The van der Waals surface area contributed by atoms with Crippen LogP contribution in [0.1, 0.15) is 74.2 Å². The molecular weight excluding hydrogens is 276 g/mol. The van der Waals surface area contributed by atoms with Crippen molar-refractivity contribution in [1.29, 1.82) is 0 Å². The van der Waals surface area contributed by atoms with Gasteiger partial charge in [-0.15, -0.1) is 0 Å². The van der Waals surface area contributed by atoms with E-state index < -0.39 is 0 Å². The number of ketones is 1. The maximum absolute atomic E-state index is 12.0. The Morgan fingerprint density at radius 3 is 2.32 bits per heavy atom. The van der Waals surface area contributed by atoms with Gasteiger partial charge in [0.15, 0.2) is 5.78 Å². The Bertz CT molecular complexity index is 498. The van der Waals surface area contributed by atoms with Crippen molar-refractivity contribution in [3.63, 3.8) is 0 Å². The first-order chi connectivity index (χ1) is 10.6. The van der Waals surface area contributed by atoms with Gasteiger partial charge in [-0.25, -0.2) is 0 Å². The average molecular weight is 302 g/mol. The van der Waals surface area contributed by atoms with Crippen LogP contribution in [0.25, 0.3) is 0 Å². The molecule has 1 aromatic carbocycles. The van der Waals surface area contributed by atoms with Crippen molar-refractivity contribution in [2.75, 3.05) is 6.61 Å². The Kier molecular flexibility index (Phi) is 6.17. The van der Waals surface area contributed by atoms with Crippen molar-refractivity contribution in [1.82, 2.24) is 0 Å². The molecule has 0 saturated heterocycles. The van der Waals surface area contributed by atoms with Crippen molar-refractivity contribution in [2.45, 2.75) is 58.3 Å². The zero-order chi connectivity index (χ0) is 15.9. The first-order valence-corrected chi connectivity index (χ1v) is 8.38. The predicted octanol–water partition coefficient (Wildman–Crippen LogP) is 4.51. The molecule has 1 aromatic rings. The molecule has 1 aliphatic rings. The molecule has 120 valence electrons. The van der Waals surface area contributed by atoms with E-state index in [1.54, 1.807) is 6.92 Å². The van der Waals surface area contributed by atoms with Gasteiger partial charge >= 0.3 is 5.97 Å². The Morgan fingerprint density at radius 1 is 1.14 bits per heavy atom. The van der Waals surface area contributed by atoms with Gasteiger partial charge in [-0.2, -0.15) is 0 Å². The normalized spacial score (nSPS) is 17.0. The van der Waals surface area contributed by atoms with Crippen molar-refractivity contribution >= 4 is 11.8 Å². The van der Waals surface area contributed by atoms with Crippen LogP contribution in [0.3, 0.4) is 0 Å². The molecule has 0 bridgehead atoms. The Labute approximate surface area is 133 Å². The third-order valence-corrected chi connectivity index (χ3v) is 4.66. The zero-order valence-electron chi connectivity index (χ0n) is 13.6. The maximum Gasteiger partial charge on any atom is 0.306 e. The highest BCUT2D eigenvalue weighted by atomic mass is 16.5. The monoisotopic (exact) mass is 302 g/mol. The second-order valence-electron chi connectivity index (χ2n) is 6.19. The van der Waals surface area contributed by atoms with Gasteiger partial charge in [0.1, 0.15) is 0 Å². The molecule has 3 nitrogen and oxygen atoms in total. The molecule has 0 aromatic heterocycles. The molecule has 1 saturated carbocycles. The summed E-state index contributed by atoms with van der Waals surface area (Å²) in [5.41, 5.74) is 1.88. The van der Waals surface area contributed by atoms with E-state index in [4.69, 9.17) is 4.74 Å². The Hall–Kier alpha value is -1.64. The van der Waals surface area contributed by atoms with Crippen LogP contribution in [0, 0.1) is 5.92 Å². The summed E-state index contributed by atoms with van der Waals surface area (Å²) < 4.78 is 5.15. The molecule has 1 atom stereocenters. The smallest absolute Gasteiger partial charge is 0.306 e. The van der Waals surface area contributed by atoms with Gasteiger partial charge in [0.25, 0.3) is 0 Å². The first-order valence-electron chi connectivity index (χ1n) is 8.38. The van der Waals surface area contributed by atoms with Crippen LogP contribution >= 0.6 is 0 Å². The fourth-order valence-corrected chi connectivity index (χ4v) is 3.46. The number of hydrogen-bond acceptors (Lipinski definition) is 3. The minimum absolute atomic E-state index is 0.0751. The second kappa shape index (κ2) is 8.11. The highest BCUT2D eigenvalue weighted by Gasteiger charge is 2.27. The summed E-state index contributed by atoms with van der Waals surface area (Å²) in [6, 6.07) is 7.77. The highest BCUT2D eigenvalue weighted by molar-refractivity contribution is 5.94. The van der Waals surface area contributed by atoms with Crippen LogP contribution in [0.5, 0.6) is 0 Å². The van der Waals surface area contributed by atoms with E-state index in [2.05, 4.69) is 0 Å². The Morgan fingerprint density at radius 2 is 1.77 bits per heavy atom. The molecule has 0 unspecified atom stereocenters. The second-order valence-corrected chi connectivity index (χ2v) is 6.19. The van der Waals surface area contributed by atoms with E-state index in [-0.39, 0.29) is 17.7 Å². The minimum Gasteiger partial charge on any atom is -0.466 e. The van der Waals surface area contributed by atoms with Crippen molar-refractivity contribution in [3.8, 4) is 0 Å². The van der Waals surface area contributed by atoms with Gasteiger partial charge < -0.3 is 4.74 Å². The van der Waals surface area contributed by atoms with Crippen molar-refractivity contribution in [3.05, 3.63) is 35.4 Å². The fraction of sp³-hybridized carbons (Fsp3) is 0.579. The topological polar surface area (TPSA) is 43.4 Å². The van der Waals surface area contributed by atoms with Crippen molar-refractivity contribution < 1.29 is 14.3 Å². The standard InChI is InChI=1S/C19H26O3/c1-3-22-19(21)13-18(16-7-5-4-6-8-16)17-11-9-15(10-12-17)14(2)20/h9-12,16,18H,3-8,13H2,1-2H3/t18-/m0/s1. The lowest BCUT2D eigenvalue weighted by molar-refractivity contribution is -0.144. The Balaban J connectivity index is 2.18. The van der Waals surface area contributed by atoms with Gasteiger partial charge in [-0.1, -0.05) is 43.5 Å². The van der Waals surface area contributed by atoms with Crippen LogP contribution in [0.4, 0.5) is 0 Å². The zero-order valence-corrected chi connectivity index (χ0v) is 13.6. The quantitative estimate of drug-likeness (QED) is 0.574. The van der Waals surface area contributed by atoms with Crippen molar-refractivity contribution in [2.24, 2.45) is 5.92 Å². The molecule has 1 aliphatic carbocycles. The number of carbonyl (C=O) groups excluding carboxylic acids is 2. The van der Waals surface area contributed by atoms with Crippen LogP contribution < -0.4 is 0 Å². The number of hydrogen-bond donors (Lipinski definition) is 0. The maximum atomic E-state index is 12.0. The summed E-state index contributed by atoms with van der Waals surface area (Å²) in [7, 11) is 0. The molecule has 0 aliphatic heterocycles. The summed E-state index contributed by atoms with van der Waals surface area (Å²) in [5, 5.41) is 0. The molecule has 0 radical (unpaired) electrons. The van der Waals surface area contributed by atoms with Crippen LogP contribution in [-0.4, -0.2) is 18.4 Å². The van der Waals surface area contributed by atoms with E-state index in [1.165, 1.54) is 32.1 Å². The number of rotatable bonds is 6. The molecule has 0 N–H and O–H groups in total. The molecule has 1 fully saturated rings. The van der Waals surface area contributed by atoms with Crippen LogP contribution in [-0.2, 0) is 9.53 Å². The summed E-state index contributed by atoms with van der Waals surface area (Å²) in [5.74, 6) is 0.710. The summed E-state index contributed by atoms with van der Waals surface area (Å²) >= 11 is 0. The SMILES string of the molecule is CCOC(=O)C[C@H](c1ccc(C(C)=O)cc1)C1CCCCC1. The third-order valence-electron chi connectivity index (χ3n) is 4.66. The first kappa shape index (κ1) is 16.7. The lowest BCUT2D eigenvalue weighted by Crippen LogP contribution is -2.20. The van der Waals surface area contributed by atoms with Gasteiger partial charge in [0.2, 0.25) is 0 Å². The van der Waals surface area contributed by atoms with E-state index in [9.17, 15) is 9.59 Å². The van der Waals surface area contributed by atoms with E-state index in [0.717, 1.165) is 11.1 Å². The number of carbonyl (C=O) groups is 2. The largest absolute Gasteiger partial charge is 0.466 e. The lowest BCUT2D eigenvalue weighted by atomic mass is 9.75. The minimum atomic E-state index is -0.117. The van der Waals surface area contributed by atoms with Gasteiger partial charge in [0.05, 0.1) is 13.0 Å². The number of Topliss-reactive ketones (excluding diaryl/α,β-unsaturated/α-hetero) is 1. The molecule has 0 amide bonds. The highest BCUT2D eigenvalue weighted by Crippen LogP contribution is 2.38. The van der Waals surface area contributed by atoms with E-state index in [0.29, 0.717) is 18.9 Å². The third kappa shape index (κ3) is 4.43. The summed E-state index contributed by atoms with van der Waals surface area (Å²) in [4.78, 5) is 23.4. The van der Waals surface area contributed by atoms with Crippen LogP contribution in [0.2, 0.25) is 0 Å². The van der Waals surface area contributed by atoms with Crippen LogP contribution in [0.15, 0.2) is 24.3 Å². The molecule has 2 rings (SSSR count). The molecule has 3 heteroatoms. The molecule has 0 spiro atoms. The molecule has 0 heterocycles. The summed E-state index contributed by atoms with van der Waals surface area (Å²) in [6.45, 7) is 3.85. The number of ether oxygens (including phenoxy) is 1. The van der Waals surface area contributed by atoms with Gasteiger partial charge in [0, 0.05) is 5.56 Å².